The minimum atomic E-state index is -3.58. The summed E-state index contributed by atoms with van der Waals surface area (Å²) >= 11 is 0. The number of anilines is 1. The van der Waals surface area contributed by atoms with Crippen molar-refractivity contribution in [1.82, 2.24) is 5.32 Å². The number of rotatable bonds is 6. The number of carbonyl (C=O) groups excluding carboxylic acids is 1. The monoisotopic (exact) mass is 354 g/mol. The number of amides is 1. The molecule has 0 fully saturated rings. The summed E-state index contributed by atoms with van der Waals surface area (Å²) in [5.74, 6) is -0.307. The molecule has 136 valence electrons. The van der Waals surface area contributed by atoms with Crippen LogP contribution in [0.25, 0.3) is 0 Å². The molecule has 0 aromatic heterocycles. The molecule has 0 saturated heterocycles. The van der Waals surface area contributed by atoms with E-state index in [1.807, 2.05) is 13.8 Å². The number of nitrogens with zero attached hydrogens (tertiary/aromatic N) is 1. The highest BCUT2D eigenvalue weighted by Crippen LogP contribution is 2.27. The third-order valence-electron chi connectivity index (χ3n) is 3.53. The van der Waals surface area contributed by atoms with E-state index in [0.29, 0.717) is 5.69 Å². The smallest absolute Gasteiger partial charge is 0.244 e. The zero-order valence-electron chi connectivity index (χ0n) is 15.8. The molecule has 0 saturated carbocycles. The predicted octanol–water partition coefficient (Wildman–Crippen LogP) is 3.17. The van der Waals surface area contributed by atoms with Crippen molar-refractivity contribution in [3.8, 4) is 0 Å². The second kappa shape index (κ2) is 7.13. The highest BCUT2D eigenvalue weighted by Gasteiger charge is 2.33. The quantitative estimate of drug-likeness (QED) is 0.853. The van der Waals surface area contributed by atoms with Crippen LogP contribution in [0.2, 0.25) is 0 Å². The SMILES string of the molecule is CC(C(=O)NC(C)(C)CC(C)(C)C)N(c1ccccc1)S(C)(=O)=O. The summed E-state index contributed by atoms with van der Waals surface area (Å²) in [5, 5.41) is 2.99. The van der Waals surface area contributed by atoms with Gasteiger partial charge in [-0.15, -0.1) is 0 Å². The number of carbonyl (C=O) groups is 1. The van der Waals surface area contributed by atoms with Gasteiger partial charge in [0.25, 0.3) is 0 Å². The van der Waals surface area contributed by atoms with Crippen LogP contribution >= 0.6 is 0 Å². The molecule has 5 nitrogen and oxygen atoms in total. The summed E-state index contributed by atoms with van der Waals surface area (Å²) < 4.78 is 25.6. The molecule has 1 amide bonds. The van der Waals surface area contributed by atoms with E-state index in [9.17, 15) is 13.2 Å². The summed E-state index contributed by atoms with van der Waals surface area (Å²) in [4.78, 5) is 12.7. The lowest BCUT2D eigenvalue weighted by atomic mass is 9.81. The molecule has 0 aliphatic carbocycles. The molecule has 24 heavy (non-hydrogen) atoms. The third-order valence-corrected chi connectivity index (χ3v) is 4.77. The largest absolute Gasteiger partial charge is 0.349 e. The molecule has 0 bridgehead atoms. The Kier molecular flexibility index (Phi) is 6.09. The molecular formula is C18H30N2O3S. The number of hydrogen-bond acceptors (Lipinski definition) is 3. The molecule has 1 aromatic carbocycles. The Morgan fingerprint density at radius 1 is 1.12 bits per heavy atom. The van der Waals surface area contributed by atoms with Crippen molar-refractivity contribution in [1.29, 1.82) is 0 Å². The number of sulfonamides is 1. The van der Waals surface area contributed by atoms with Gasteiger partial charge in [-0.25, -0.2) is 8.42 Å². The zero-order valence-corrected chi connectivity index (χ0v) is 16.6. The number of benzene rings is 1. The first-order valence-electron chi connectivity index (χ1n) is 8.09. The van der Waals surface area contributed by atoms with Crippen molar-refractivity contribution < 1.29 is 13.2 Å². The summed E-state index contributed by atoms with van der Waals surface area (Å²) in [6.07, 6.45) is 1.90. The van der Waals surface area contributed by atoms with E-state index in [1.165, 1.54) is 0 Å². The van der Waals surface area contributed by atoms with Gasteiger partial charge in [-0.05, 0) is 44.7 Å². The number of hydrogen-bond donors (Lipinski definition) is 1. The van der Waals surface area contributed by atoms with E-state index < -0.39 is 21.6 Å². The summed E-state index contributed by atoms with van der Waals surface area (Å²) in [5.41, 5.74) is 0.107. The number of para-hydroxylation sites is 1. The fraction of sp³-hybridized carbons (Fsp3) is 0.611. The summed E-state index contributed by atoms with van der Waals surface area (Å²) in [7, 11) is -3.58. The fourth-order valence-corrected chi connectivity index (χ4v) is 4.37. The van der Waals surface area contributed by atoms with Crippen LogP contribution in [0, 0.1) is 5.41 Å². The molecule has 1 aromatic rings. The van der Waals surface area contributed by atoms with Crippen LogP contribution in [-0.2, 0) is 14.8 Å². The highest BCUT2D eigenvalue weighted by atomic mass is 32.2. The van der Waals surface area contributed by atoms with Crippen molar-refractivity contribution in [2.24, 2.45) is 5.41 Å². The van der Waals surface area contributed by atoms with Gasteiger partial charge in [-0.1, -0.05) is 39.0 Å². The molecular weight excluding hydrogens is 324 g/mol. The summed E-state index contributed by atoms with van der Waals surface area (Å²) in [6, 6.07) is 7.85. The first kappa shape index (κ1) is 20.5. The molecule has 6 heteroatoms. The van der Waals surface area contributed by atoms with Gasteiger partial charge in [0, 0.05) is 5.54 Å². The van der Waals surface area contributed by atoms with E-state index in [0.717, 1.165) is 17.0 Å². The van der Waals surface area contributed by atoms with E-state index in [-0.39, 0.29) is 11.3 Å². The van der Waals surface area contributed by atoms with E-state index in [1.54, 1.807) is 37.3 Å². The van der Waals surface area contributed by atoms with Gasteiger partial charge in [0.05, 0.1) is 11.9 Å². The summed E-state index contributed by atoms with van der Waals surface area (Å²) in [6.45, 7) is 11.8. The average molecular weight is 355 g/mol. The average Bonchev–Trinajstić information content (AvgIpc) is 2.34. The molecule has 0 spiro atoms. The Bertz CT molecular complexity index is 661. The second-order valence-corrected chi connectivity index (χ2v) is 10.0. The molecule has 1 N–H and O–H groups in total. The maximum absolute atomic E-state index is 12.7. The molecule has 0 heterocycles. The third kappa shape index (κ3) is 6.15. The maximum Gasteiger partial charge on any atom is 0.244 e. The lowest BCUT2D eigenvalue weighted by Gasteiger charge is -2.36. The van der Waals surface area contributed by atoms with Crippen LogP contribution in [-0.4, -0.2) is 32.2 Å². The van der Waals surface area contributed by atoms with E-state index in [4.69, 9.17) is 0 Å². The lowest BCUT2D eigenvalue weighted by molar-refractivity contribution is -0.123. The first-order valence-corrected chi connectivity index (χ1v) is 9.94. The molecule has 1 rings (SSSR count). The molecule has 0 radical (unpaired) electrons. The van der Waals surface area contributed by atoms with E-state index >= 15 is 0 Å². The van der Waals surface area contributed by atoms with Gasteiger partial charge in [0.15, 0.2) is 0 Å². The van der Waals surface area contributed by atoms with Crippen LogP contribution in [0.15, 0.2) is 30.3 Å². The zero-order chi connectivity index (χ0) is 18.8. The topological polar surface area (TPSA) is 66.5 Å². The molecule has 1 atom stereocenters. The fourth-order valence-electron chi connectivity index (χ4n) is 3.19. The van der Waals surface area contributed by atoms with Crippen molar-refractivity contribution in [3.63, 3.8) is 0 Å². The van der Waals surface area contributed by atoms with Gasteiger partial charge < -0.3 is 5.32 Å². The molecule has 0 aliphatic heterocycles. The highest BCUT2D eigenvalue weighted by molar-refractivity contribution is 7.92. The minimum absolute atomic E-state index is 0.0516. The Morgan fingerprint density at radius 2 is 1.62 bits per heavy atom. The van der Waals surface area contributed by atoms with Crippen LogP contribution in [0.1, 0.15) is 48.0 Å². The van der Waals surface area contributed by atoms with Gasteiger partial charge >= 0.3 is 0 Å². The van der Waals surface area contributed by atoms with Crippen molar-refractivity contribution in [3.05, 3.63) is 30.3 Å². The van der Waals surface area contributed by atoms with Crippen molar-refractivity contribution in [2.45, 2.75) is 59.5 Å². The molecule has 0 aliphatic rings. The number of nitrogens with one attached hydrogen (secondary N) is 1. The van der Waals surface area contributed by atoms with Gasteiger partial charge in [-0.3, -0.25) is 9.10 Å². The predicted molar refractivity (Wildman–Crippen MR) is 99.5 cm³/mol. The van der Waals surface area contributed by atoms with Crippen LogP contribution < -0.4 is 9.62 Å². The van der Waals surface area contributed by atoms with Crippen LogP contribution in [0.5, 0.6) is 0 Å². The normalized spacial score (nSPS) is 14.1. The Hall–Kier alpha value is -1.56. The first-order chi connectivity index (χ1) is 10.7. The van der Waals surface area contributed by atoms with E-state index in [2.05, 4.69) is 26.1 Å². The van der Waals surface area contributed by atoms with Gasteiger partial charge in [-0.2, -0.15) is 0 Å². The van der Waals surface area contributed by atoms with Crippen molar-refractivity contribution >= 4 is 21.6 Å². The van der Waals surface area contributed by atoms with Crippen molar-refractivity contribution in [2.75, 3.05) is 10.6 Å². The van der Waals surface area contributed by atoms with Crippen LogP contribution in [0.4, 0.5) is 5.69 Å². The minimum Gasteiger partial charge on any atom is -0.349 e. The van der Waals surface area contributed by atoms with Crippen LogP contribution in [0.3, 0.4) is 0 Å². The Morgan fingerprint density at radius 3 is 2.04 bits per heavy atom. The standard InChI is InChI=1S/C18H30N2O3S/c1-14(16(21)19-18(5,6)13-17(2,3)4)20(24(7,22)23)15-11-9-8-10-12-15/h8-12,14H,13H2,1-7H3,(H,19,21). The Labute approximate surface area is 146 Å². The van der Waals surface area contributed by atoms with Gasteiger partial charge in [0.2, 0.25) is 15.9 Å². The van der Waals surface area contributed by atoms with Gasteiger partial charge in [0.1, 0.15) is 6.04 Å². The Balaban J connectivity index is 3.04. The maximum atomic E-state index is 12.7. The second-order valence-electron chi connectivity index (χ2n) is 8.18. The molecule has 1 unspecified atom stereocenters. The lowest BCUT2D eigenvalue weighted by Crippen LogP contribution is -2.54.